The van der Waals surface area contributed by atoms with Crippen molar-refractivity contribution in [2.24, 2.45) is 0 Å². The van der Waals surface area contributed by atoms with Gasteiger partial charge < -0.3 is 10.4 Å². The molecule has 1 fully saturated rings. The van der Waals surface area contributed by atoms with Crippen LogP contribution < -0.4 is 5.32 Å². The van der Waals surface area contributed by atoms with Crippen molar-refractivity contribution in [3.05, 3.63) is 34.9 Å². The maximum Gasteiger partial charge on any atom is 0.0626 e. The van der Waals surface area contributed by atoms with E-state index >= 15 is 0 Å². The highest BCUT2D eigenvalue weighted by Gasteiger charge is 2.18. The topological polar surface area (TPSA) is 32.3 Å². The molecular formula is C14H20ClNO. The summed E-state index contributed by atoms with van der Waals surface area (Å²) < 4.78 is 0. The molecule has 17 heavy (non-hydrogen) atoms. The van der Waals surface area contributed by atoms with Crippen LogP contribution in [-0.4, -0.2) is 17.8 Å². The second-order valence-corrected chi connectivity index (χ2v) is 5.22. The third-order valence-corrected chi connectivity index (χ3v) is 3.75. The largest absolute Gasteiger partial charge is 0.394 e. The van der Waals surface area contributed by atoms with Gasteiger partial charge in [0.15, 0.2) is 0 Å². The first-order valence-electron chi connectivity index (χ1n) is 6.42. The number of hydrogen-bond donors (Lipinski definition) is 2. The number of aliphatic hydroxyl groups is 1. The van der Waals surface area contributed by atoms with Gasteiger partial charge >= 0.3 is 0 Å². The summed E-state index contributed by atoms with van der Waals surface area (Å²) in [5, 5.41) is 13.8. The highest BCUT2D eigenvalue weighted by molar-refractivity contribution is 6.30. The van der Waals surface area contributed by atoms with Crippen LogP contribution in [0.4, 0.5) is 0 Å². The molecule has 0 bridgehead atoms. The van der Waals surface area contributed by atoms with Gasteiger partial charge in [-0.15, -0.1) is 0 Å². The quantitative estimate of drug-likeness (QED) is 0.863. The van der Waals surface area contributed by atoms with Gasteiger partial charge in [-0.3, -0.25) is 0 Å². The maximum absolute atomic E-state index is 9.48. The molecule has 1 aliphatic rings. The predicted molar refractivity (Wildman–Crippen MR) is 71.3 cm³/mol. The molecule has 2 N–H and O–H groups in total. The number of benzene rings is 1. The predicted octanol–water partition coefficient (Wildman–Crippen LogP) is 3.30. The van der Waals surface area contributed by atoms with Gasteiger partial charge in [0.2, 0.25) is 0 Å². The molecule has 2 rings (SSSR count). The van der Waals surface area contributed by atoms with Gasteiger partial charge in [0, 0.05) is 11.1 Å². The van der Waals surface area contributed by atoms with Crippen LogP contribution in [0.5, 0.6) is 0 Å². The second kappa shape index (κ2) is 6.39. The lowest BCUT2D eigenvalue weighted by Gasteiger charge is -2.27. The number of halogens is 1. The Balaban J connectivity index is 1.97. The molecule has 1 aromatic rings. The highest BCUT2D eigenvalue weighted by atomic mass is 35.5. The van der Waals surface area contributed by atoms with Crippen LogP contribution in [-0.2, 0) is 0 Å². The standard InChI is InChI=1S/C14H20ClNO/c15-12-8-6-11(7-9-12)14(10-17)16-13-4-2-1-3-5-13/h6-9,13-14,16-17H,1-5,10H2. The smallest absolute Gasteiger partial charge is 0.0626 e. The van der Waals surface area contributed by atoms with Crippen molar-refractivity contribution < 1.29 is 5.11 Å². The molecule has 94 valence electrons. The molecule has 0 aromatic heterocycles. The van der Waals surface area contributed by atoms with Crippen molar-refractivity contribution in [2.75, 3.05) is 6.61 Å². The zero-order valence-corrected chi connectivity index (χ0v) is 10.8. The molecule has 2 nitrogen and oxygen atoms in total. The van der Waals surface area contributed by atoms with E-state index in [1.165, 1.54) is 32.1 Å². The average Bonchev–Trinajstić information content (AvgIpc) is 2.38. The molecule has 0 heterocycles. The van der Waals surface area contributed by atoms with Gasteiger partial charge in [-0.25, -0.2) is 0 Å². The molecule has 0 aliphatic heterocycles. The molecule has 0 radical (unpaired) electrons. The minimum atomic E-state index is 0.0374. The van der Waals surface area contributed by atoms with Crippen LogP contribution >= 0.6 is 11.6 Å². The molecule has 0 amide bonds. The van der Waals surface area contributed by atoms with Crippen LogP contribution in [0, 0.1) is 0 Å². The Hall–Kier alpha value is -0.570. The van der Waals surface area contributed by atoms with E-state index in [4.69, 9.17) is 11.6 Å². The van der Waals surface area contributed by atoms with E-state index in [9.17, 15) is 5.11 Å². The van der Waals surface area contributed by atoms with E-state index < -0.39 is 0 Å². The van der Waals surface area contributed by atoms with Gasteiger partial charge in [-0.05, 0) is 30.5 Å². The Kier molecular flexibility index (Phi) is 4.84. The zero-order chi connectivity index (χ0) is 12.1. The normalized spacial score (nSPS) is 19.2. The van der Waals surface area contributed by atoms with Crippen molar-refractivity contribution in [1.82, 2.24) is 5.32 Å². The van der Waals surface area contributed by atoms with Crippen LogP contribution in [0.1, 0.15) is 43.7 Å². The summed E-state index contributed by atoms with van der Waals surface area (Å²) in [5.74, 6) is 0. The van der Waals surface area contributed by atoms with E-state index in [0.29, 0.717) is 6.04 Å². The van der Waals surface area contributed by atoms with E-state index in [1.54, 1.807) is 0 Å². The lowest BCUT2D eigenvalue weighted by atomic mass is 9.94. The van der Waals surface area contributed by atoms with Crippen molar-refractivity contribution in [1.29, 1.82) is 0 Å². The minimum absolute atomic E-state index is 0.0374. The molecular weight excluding hydrogens is 234 g/mol. The van der Waals surface area contributed by atoms with E-state index in [0.717, 1.165) is 10.6 Å². The van der Waals surface area contributed by atoms with E-state index in [1.807, 2.05) is 24.3 Å². The fraction of sp³-hybridized carbons (Fsp3) is 0.571. The van der Waals surface area contributed by atoms with Crippen LogP contribution in [0.3, 0.4) is 0 Å². The monoisotopic (exact) mass is 253 g/mol. The number of hydrogen-bond acceptors (Lipinski definition) is 2. The summed E-state index contributed by atoms with van der Waals surface area (Å²) in [6.45, 7) is 0.137. The molecule has 1 unspecified atom stereocenters. The van der Waals surface area contributed by atoms with E-state index in [2.05, 4.69) is 5.32 Å². The van der Waals surface area contributed by atoms with Crippen molar-refractivity contribution in [3.63, 3.8) is 0 Å². The number of nitrogens with one attached hydrogen (secondary N) is 1. The molecule has 1 aliphatic carbocycles. The Morgan fingerprint density at radius 2 is 1.82 bits per heavy atom. The summed E-state index contributed by atoms with van der Waals surface area (Å²) in [7, 11) is 0. The highest BCUT2D eigenvalue weighted by Crippen LogP contribution is 2.22. The molecule has 3 heteroatoms. The van der Waals surface area contributed by atoms with Crippen LogP contribution in [0.2, 0.25) is 5.02 Å². The SMILES string of the molecule is OCC(NC1CCCCC1)c1ccc(Cl)cc1. The number of aliphatic hydroxyl groups excluding tert-OH is 1. The Labute approximate surface area is 108 Å². The molecule has 0 saturated heterocycles. The third kappa shape index (κ3) is 3.70. The van der Waals surface area contributed by atoms with Crippen LogP contribution in [0.15, 0.2) is 24.3 Å². The summed E-state index contributed by atoms with van der Waals surface area (Å²) in [6, 6.07) is 8.31. The summed E-state index contributed by atoms with van der Waals surface area (Å²) in [5.41, 5.74) is 1.11. The fourth-order valence-corrected chi connectivity index (χ4v) is 2.63. The zero-order valence-electron chi connectivity index (χ0n) is 10.0. The maximum atomic E-state index is 9.48. The third-order valence-electron chi connectivity index (χ3n) is 3.50. The van der Waals surface area contributed by atoms with Crippen LogP contribution in [0.25, 0.3) is 0 Å². The minimum Gasteiger partial charge on any atom is -0.394 e. The van der Waals surface area contributed by atoms with Crippen molar-refractivity contribution in [3.8, 4) is 0 Å². The van der Waals surface area contributed by atoms with Gasteiger partial charge in [0.1, 0.15) is 0 Å². The fourth-order valence-electron chi connectivity index (χ4n) is 2.50. The summed E-state index contributed by atoms with van der Waals surface area (Å²) in [6.07, 6.45) is 6.41. The first-order chi connectivity index (χ1) is 8.29. The Morgan fingerprint density at radius 3 is 2.41 bits per heavy atom. The summed E-state index contributed by atoms with van der Waals surface area (Å²) in [4.78, 5) is 0. The Bertz CT molecular complexity index is 333. The van der Waals surface area contributed by atoms with Gasteiger partial charge in [0.25, 0.3) is 0 Å². The second-order valence-electron chi connectivity index (χ2n) is 4.79. The molecule has 1 atom stereocenters. The van der Waals surface area contributed by atoms with E-state index in [-0.39, 0.29) is 12.6 Å². The van der Waals surface area contributed by atoms with Gasteiger partial charge in [-0.1, -0.05) is 43.0 Å². The van der Waals surface area contributed by atoms with Gasteiger partial charge in [-0.2, -0.15) is 0 Å². The molecule has 0 spiro atoms. The number of rotatable bonds is 4. The first-order valence-corrected chi connectivity index (χ1v) is 6.80. The molecule has 1 saturated carbocycles. The van der Waals surface area contributed by atoms with Crippen molar-refractivity contribution in [2.45, 2.75) is 44.2 Å². The summed E-state index contributed by atoms with van der Waals surface area (Å²) >= 11 is 5.87. The lowest BCUT2D eigenvalue weighted by Crippen LogP contribution is -2.36. The first kappa shape index (κ1) is 12.9. The van der Waals surface area contributed by atoms with Gasteiger partial charge in [0.05, 0.1) is 12.6 Å². The molecule has 1 aromatic carbocycles. The average molecular weight is 254 g/mol. The Morgan fingerprint density at radius 1 is 1.18 bits per heavy atom. The lowest BCUT2D eigenvalue weighted by molar-refractivity contribution is 0.220. The van der Waals surface area contributed by atoms with Crippen molar-refractivity contribution >= 4 is 11.6 Å².